The fraction of sp³-hybridized carbons (Fsp3) is 0.478. The van der Waals surface area contributed by atoms with Crippen molar-refractivity contribution in [2.45, 2.75) is 140 Å². The minimum Gasteiger partial charge on any atom is -1.00 e. The van der Waals surface area contributed by atoms with Gasteiger partial charge in [0.15, 0.2) is 0 Å². The van der Waals surface area contributed by atoms with Gasteiger partial charge in [0.05, 0.1) is 16.7 Å². The van der Waals surface area contributed by atoms with Gasteiger partial charge < -0.3 is 20.5 Å². The van der Waals surface area contributed by atoms with E-state index in [0.29, 0.717) is 0 Å². The molecule has 0 bridgehead atoms. The van der Waals surface area contributed by atoms with Crippen LogP contribution in [-0.4, -0.2) is 39.5 Å². The number of hydrogen-bond donors (Lipinski definition) is 0. The summed E-state index contributed by atoms with van der Waals surface area (Å²) >= 11 is 0. The Balaban J connectivity index is 0.000000190. The summed E-state index contributed by atoms with van der Waals surface area (Å²) in [4.78, 5) is 4.76. The summed E-state index contributed by atoms with van der Waals surface area (Å²) in [7, 11) is -0.378. The number of halogens is 2. The fourth-order valence-electron chi connectivity index (χ4n) is 10.5. The summed E-state index contributed by atoms with van der Waals surface area (Å²) in [5.41, 5.74) is 7.28. The maximum absolute atomic E-state index is 14.2. The first kappa shape index (κ1) is 38.8. The Bertz CT molecular complexity index is 2050. The van der Waals surface area contributed by atoms with E-state index in [-0.39, 0.29) is 63.4 Å². The number of nitrogens with zero attached hydrogens (tertiary/aromatic N) is 2. The number of benzene rings is 4. The third-order valence-corrected chi connectivity index (χ3v) is 14.7. The van der Waals surface area contributed by atoms with Crippen molar-refractivity contribution in [2.24, 2.45) is 0 Å². The molecule has 0 N–H and O–H groups in total. The van der Waals surface area contributed by atoms with Gasteiger partial charge in [0.1, 0.15) is 11.6 Å². The van der Waals surface area contributed by atoms with Crippen LogP contribution in [0.5, 0.6) is 0 Å². The van der Waals surface area contributed by atoms with Crippen molar-refractivity contribution < 1.29 is 19.5 Å². The number of anilines is 4. The first-order valence-corrected chi connectivity index (χ1v) is 19.7. The zero-order chi connectivity index (χ0) is 37.6. The largest absolute Gasteiger partial charge is 2.00 e. The van der Waals surface area contributed by atoms with Gasteiger partial charge in [-0.05, 0) is 120 Å². The maximum Gasteiger partial charge on any atom is 2.00 e. The van der Waals surface area contributed by atoms with E-state index in [1.54, 1.807) is 18.2 Å². The molecule has 4 nitrogen and oxygen atoms in total. The Morgan fingerprint density at radius 2 is 1.09 bits per heavy atom. The van der Waals surface area contributed by atoms with Crippen LogP contribution in [0, 0.1) is 17.7 Å². The van der Waals surface area contributed by atoms with Crippen LogP contribution < -0.4 is 15.3 Å². The molecule has 2 saturated carbocycles. The van der Waals surface area contributed by atoms with Gasteiger partial charge in [-0.2, -0.15) is 18.2 Å². The van der Waals surface area contributed by atoms with E-state index in [2.05, 4.69) is 102 Å². The Morgan fingerprint density at radius 3 is 1.61 bits per heavy atom. The van der Waals surface area contributed by atoms with Gasteiger partial charge in [-0.25, -0.2) is 8.78 Å². The number of rotatable bonds is 3. The molecule has 0 spiro atoms. The van der Waals surface area contributed by atoms with Crippen LogP contribution in [-0.2, 0) is 20.1 Å². The second kappa shape index (κ2) is 13.3. The molecule has 2 aliphatic carbocycles. The van der Waals surface area contributed by atoms with Gasteiger partial charge in [0.2, 0.25) is 0 Å². The van der Waals surface area contributed by atoms with Crippen molar-refractivity contribution >= 4 is 45.5 Å². The van der Waals surface area contributed by atoms with Gasteiger partial charge in [-0.1, -0.05) is 75.9 Å². The van der Waals surface area contributed by atoms with Crippen molar-refractivity contribution in [1.82, 2.24) is 0 Å². The molecule has 4 unspecified atom stereocenters. The summed E-state index contributed by atoms with van der Waals surface area (Å²) < 4.78 is 40.7. The molecule has 3 fully saturated rings. The van der Waals surface area contributed by atoms with Crippen LogP contribution in [0.3, 0.4) is 0 Å². The van der Waals surface area contributed by atoms with Crippen molar-refractivity contribution in [2.75, 3.05) is 9.80 Å². The smallest absolute Gasteiger partial charge is 1.00 e. The quantitative estimate of drug-likeness (QED) is 0.155. The van der Waals surface area contributed by atoms with Crippen LogP contribution >= 0.6 is 0 Å². The topological polar surface area (TPSA) is 24.9 Å². The molecule has 3 aliphatic heterocycles. The first-order chi connectivity index (χ1) is 25.0. The number of hydrogen-bond acceptors (Lipinski definition) is 4. The predicted molar refractivity (Wildman–Crippen MR) is 220 cm³/mol. The number of fused-ring (bicyclic) bond motifs is 6. The van der Waals surface area contributed by atoms with Crippen molar-refractivity contribution in [3.63, 3.8) is 0 Å². The van der Waals surface area contributed by atoms with Crippen LogP contribution in [0.25, 0.3) is 0 Å². The van der Waals surface area contributed by atoms with E-state index >= 15 is 0 Å². The molecule has 0 amide bonds. The van der Waals surface area contributed by atoms with E-state index in [4.69, 9.17) is 9.31 Å². The van der Waals surface area contributed by atoms with Crippen LogP contribution in [0.15, 0.2) is 84.9 Å². The molecule has 4 aromatic carbocycles. The van der Waals surface area contributed by atoms with E-state index < -0.39 is 0 Å². The molecule has 1 saturated heterocycles. The van der Waals surface area contributed by atoms with E-state index in [9.17, 15) is 8.78 Å². The van der Waals surface area contributed by atoms with Gasteiger partial charge in [-0.15, -0.1) is 11.6 Å². The maximum atomic E-state index is 14.2. The minimum atomic E-state index is -0.378. The summed E-state index contributed by atoms with van der Waals surface area (Å²) in [6, 6.07) is 30.1. The molecule has 4 aromatic rings. The summed E-state index contributed by atoms with van der Waals surface area (Å²) in [6.07, 6.45) is 9.41. The average Bonchev–Trinajstić information content (AvgIpc) is 3.57. The molecular weight excluding hydrogens is 670 g/mol. The van der Waals surface area contributed by atoms with Crippen molar-refractivity contribution in [3.8, 4) is 0 Å². The van der Waals surface area contributed by atoms with Crippen molar-refractivity contribution in [1.29, 1.82) is 0 Å². The molecule has 54 heavy (non-hydrogen) atoms. The standard InChI is InChI=1S/C26H33BFNO2.C20H21FN.Be.H/c1-23(2)24(3,4)31-27(30-23)18-12-13-22-21(16-18)25(5)14-7-8-15-26(25,6)29(22)20-11-9-10-19(28)17-20;1-19-12-5-6-13-20(19,2)22(16-9-7-8-15(21)14-16)18-11-4-3-10-17(18)19;;/h9-13,16-17H,7-8,14-15H2,1-6H3;4,7-11,14H,5-6,12-13H2,1-2H3;;/q;-1;+2;-1. The normalized spacial score (nSPS) is 30.0. The third kappa shape index (κ3) is 5.62. The molecule has 0 aromatic heterocycles. The molecule has 5 aliphatic rings. The minimum absolute atomic E-state index is 0. The summed E-state index contributed by atoms with van der Waals surface area (Å²) in [6.45, 7) is 17.8. The molecule has 0 radical (unpaired) electrons. The second-order valence-electron chi connectivity index (χ2n) is 18.1. The van der Waals surface area contributed by atoms with E-state index in [1.807, 2.05) is 24.3 Å². The third-order valence-electron chi connectivity index (χ3n) is 14.7. The average molecular weight is 726 g/mol. The monoisotopic (exact) mass is 725 g/mol. The fourth-order valence-corrected chi connectivity index (χ4v) is 10.5. The van der Waals surface area contributed by atoms with Gasteiger partial charge in [0.25, 0.3) is 0 Å². The molecule has 8 heteroatoms. The predicted octanol–water partition coefficient (Wildman–Crippen LogP) is 11.0. The Labute approximate surface area is 327 Å². The van der Waals surface area contributed by atoms with Crippen LogP contribution in [0.4, 0.5) is 31.5 Å². The molecule has 3 heterocycles. The summed E-state index contributed by atoms with van der Waals surface area (Å²) in [5, 5.41) is 0. The van der Waals surface area contributed by atoms with Crippen LogP contribution in [0.1, 0.15) is 119 Å². The zero-order valence-electron chi connectivity index (χ0n) is 34.5. The van der Waals surface area contributed by atoms with Crippen LogP contribution in [0.2, 0.25) is 0 Å². The van der Waals surface area contributed by atoms with E-state index in [0.717, 1.165) is 36.1 Å². The second-order valence-corrected chi connectivity index (χ2v) is 18.1. The SMILES string of the molecule is CC1(C)OB(c2ccc3c(c2)C2(C)CCCCC2(C)N3c2cccc(F)c2)OC1(C)C.CC12CCCCC1(C)N(c1cccc(F)c1)c1cc[c-]cc12.[Be+2].[H-]. The van der Waals surface area contributed by atoms with E-state index in [1.165, 1.54) is 66.7 Å². The summed E-state index contributed by atoms with van der Waals surface area (Å²) in [5.74, 6) is -0.365. The molecule has 9 rings (SSSR count). The van der Waals surface area contributed by atoms with Gasteiger partial charge in [0, 0.05) is 28.0 Å². The Kier molecular flexibility index (Phi) is 9.56. The Hall–Kier alpha value is -3.51. The zero-order valence-corrected chi connectivity index (χ0v) is 33.5. The van der Waals surface area contributed by atoms with Crippen molar-refractivity contribution in [3.05, 3.63) is 114 Å². The molecule has 4 atom stereocenters. The van der Waals surface area contributed by atoms with Gasteiger partial charge in [-0.3, -0.25) is 0 Å². The molecular formula is C46H55BBeF2N2O2. The Morgan fingerprint density at radius 1 is 0.611 bits per heavy atom. The molecule has 280 valence electrons. The first-order valence-electron chi connectivity index (χ1n) is 19.7. The van der Waals surface area contributed by atoms with Gasteiger partial charge >= 0.3 is 17.2 Å².